The summed E-state index contributed by atoms with van der Waals surface area (Å²) in [5.41, 5.74) is 4.39. The average molecular weight is 261 g/mol. The topological polar surface area (TPSA) is 17.1 Å². The second-order valence-corrected chi connectivity index (χ2v) is 5.31. The second kappa shape index (κ2) is 5.11. The molecule has 0 fully saturated rings. The van der Waals surface area contributed by atoms with Crippen LogP contribution in [0.25, 0.3) is 0 Å². The Balaban J connectivity index is 2.20. The number of Topliss-reactive ketones (excluding diaryl/α,β-unsaturated/α-hetero) is 1. The molecule has 1 aromatic carbocycles. The van der Waals surface area contributed by atoms with Gasteiger partial charge in [-0.25, -0.2) is 0 Å². The lowest BCUT2D eigenvalue weighted by molar-refractivity contribution is 0.0991. The van der Waals surface area contributed by atoms with E-state index in [0.717, 1.165) is 0 Å². The van der Waals surface area contributed by atoms with Gasteiger partial charge < -0.3 is 0 Å². The number of allylic oxidation sites excluding steroid dienone is 4. The first kappa shape index (κ1) is 13.1. The summed E-state index contributed by atoms with van der Waals surface area (Å²) in [5.74, 6) is 0.473. The summed E-state index contributed by atoms with van der Waals surface area (Å²) in [4.78, 5) is 12.3. The molecule has 0 saturated carbocycles. The standard InChI is InChI=1S/C16H17ClO/c1-10-8-11(2)14(12(10)3)9-16(18)13-6-4-5-7-15(13)17/h4-8,12H,9H2,1-3H3. The van der Waals surface area contributed by atoms with E-state index in [1.54, 1.807) is 12.1 Å². The Bertz CT molecular complexity index is 552. The summed E-state index contributed by atoms with van der Waals surface area (Å²) in [5, 5.41) is 0.538. The van der Waals surface area contributed by atoms with Gasteiger partial charge in [0.05, 0.1) is 5.02 Å². The highest BCUT2D eigenvalue weighted by molar-refractivity contribution is 6.34. The number of ketones is 1. The SMILES string of the molecule is CC1=CC(C)=C(CC(=O)c2ccccc2Cl)C1C. The van der Waals surface area contributed by atoms with Crippen molar-refractivity contribution < 1.29 is 4.79 Å². The lowest BCUT2D eigenvalue weighted by Gasteiger charge is -2.12. The van der Waals surface area contributed by atoms with Gasteiger partial charge in [0, 0.05) is 12.0 Å². The number of halogens is 1. The van der Waals surface area contributed by atoms with Crippen molar-refractivity contribution in [1.82, 2.24) is 0 Å². The molecule has 1 aliphatic carbocycles. The van der Waals surface area contributed by atoms with Crippen molar-refractivity contribution >= 4 is 17.4 Å². The smallest absolute Gasteiger partial charge is 0.168 e. The number of benzene rings is 1. The fraction of sp³-hybridized carbons (Fsp3) is 0.312. The molecule has 0 N–H and O–H groups in total. The van der Waals surface area contributed by atoms with Gasteiger partial charge in [-0.3, -0.25) is 4.79 Å². The number of rotatable bonds is 3. The quantitative estimate of drug-likeness (QED) is 0.712. The van der Waals surface area contributed by atoms with E-state index in [4.69, 9.17) is 11.6 Å². The molecule has 1 aliphatic rings. The Hall–Kier alpha value is -1.34. The first-order valence-electron chi connectivity index (χ1n) is 6.16. The Morgan fingerprint density at radius 2 is 1.94 bits per heavy atom. The monoisotopic (exact) mass is 260 g/mol. The Morgan fingerprint density at radius 3 is 2.50 bits per heavy atom. The zero-order valence-electron chi connectivity index (χ0n) is 11.0. The van der Waals surface area contributed by atoms with Gasteiger partial charge in [-0.15, -0.1) is 0 Å². The highest BCUT2D eigenvalue weighted by Crippen LogP contribution is 2.34. The Kier molecular flexibility index (Phi) is 3.72. The summed E-state index contributed by atoms with van der Waals surface area (Å²) < 4.78 is 0. The molecule has 2 heteroatoms. The fourth-order valence-electron chi connectivity index (χ4n) is 2.42. The molecule has 0 heterocycles. The van der Waals surface area contributed by atoms with Gasteiger partial charge in [0.25, 0.3) is 0 Å². The van der Waals surface area contributed by atoms with Gasteiger partial charge in [0.1, 0.15) is 0 Å². The van der Waals surface area contributed by atoms with E-state index in [1.807, 2.05) is 12.1 Å². The van der Waals surface area contributed by atoms with Crippen LogP contribution in [-0.4, -0.2) is 5.78 Å². The van der Waals surface area contributed by atoms with Gasteiger partial charge in [-0.05, 0) is 31.9 Å². The van der Waals surface area contributed by atoms with Gasteiger partial charge in [-0.2, -0.15) is 0 Å². The number of hydrogen-bond acceptors (Lipinski definition) is 1. The molecule has 2 rings (SSSR count). The van der Waals surface area contributed by atoms with Crippen LogP contribution >= 0.6 is 11.6 Å². The minimum atomic E-state index is 0.102. The lowest BCUT2D eigenvalue weighted by atomic mass is 9.92. The first-order valence-corrected chi connectivity index (χ1v) is 6.54. The highest BCUT2D eigenvalue weighted by atomic mass is 35.5. The minimum Gasteiger partial charge on any atom is -0.294 e. The number of hydrogen-bond donors (Lipinski definition) is 0. The molecule has 94 valence electrons. The number of carbonyl (C=O) groups excluding carboxylic acids is 1. The van der Waals surface area contributed by atoms with Crippen molar-refractivity contribution in [3.63, 3.8) is 0 Å². The molecule has 0 saturated heterocycles. The van der Waals surface area contributed by atoms with Gasteiger partial charge >= 0.3 is 0 Å². The van der Waals surface area contributed by atoms with Crippen molar-refractivity contribution in [1.29, 1.82) is 0 Å². The van der Waals surface area contributed by atoms with Crippen LogP contribution in [0.4, 0.5) is 0 Å². The van der Waals surface area contributed by atoms with E-state index in [1.165, 1.54) is 16.7 Å². The maximum absolute atomic E-state index is 12.3. The molecule has 0 spiro atoms. The maximum Gasteiger partial charge on any atom is 0.168 e. The average Bonchev–Trinajstić information content (AvgIpc) is 2.56. The second-order valence-electron chi connectivity index (χ2n) is 4.90. The largest absolute Gasteiger partial charge is 0.294 e. The predicted octanol–water partition coefficient (Wildman–Crippen LogP) is 4.83. The van der Waals surface area contributed by atoms with Crippen LogP contribution in [-0.2, 0) is 0 Å². The van der Waals surface area contributed by atoms with Crippen molar-refractivity contribution in [2.45, 2.75) is 27.2 Å². The molecule has 0 aromatic heterocycles. The van der Waals surface area contributed by atoms with Crippen LogP contribution in [0.3, 0.4) is 0 Å². The summed E-state index contributed by atoms with van der Waals surface area (Å²) in [6.45, 7) is 6.33. The van der Waals surface area contributed by atoms with Crippen molar-refractivity contribution in [3.8, 4) is 0 Å². The van der Waals surface area contributed by atoms with Gasteiger partial charge in [0.2, 0.25) is 0 Å². The van der Waals surface area contributed by atoms with Crippen LogP contribution in [0.5, 0.6) is 0 Å². The molecule has 1 atom stereocenters. The molecule has 0 bridgehead atoms. The van der Waals surface area contributed by atoms with Crippen LogP contribution in [0.1, 0.15) is 37.6 Å². The van der Waals surface area contributed by atoms with Crippen molar-refractivity contribution in [2.75, 3.05) is 0 Å². The molecule has 0 amide bonds. The van der Waals surface area contributed by atoms with Crippen LogP contribution in [0.15, 0.2) is 47.1 Å². The minimum absolute atomic E-state index is 0.102. The Morgan fingerprint density at radius 1 is 1.28 bits per heavy atom. The normalized spacial score (nSPS) is 19.1. The molecular weight excluding hydrogens is 244 g/mol. The predicted molar refractivity (Wildman–Crippen MR) is 76.0 cm³/mol. The van der Waals surface area contributed by atoms with Gasteiger partial charge in [-0.1, -0.05) is 53.5 Å². The molecule has 18 heavy (non-hydrogen) atoms. The maximum atomic E-state index is 12.3. The third-order valence-electron chi connectivity index (χ3n) is 3.68. The first-order chi connectivity index (χ1) is 8.50. The van der Waals surface area contributed by atoms with Crippen LogP contribution < -0.4 is 0 Å². The molecule has 1 nitrogen and oxygen atoms in total. The van der Waals surface area contributed by atoms with Crippen LogP contribution in [0, 0.1) is 5.92 Å². The third-order valence-corrected chi connectivity index (χ3v) is 4.01. The van der Waals surface area contributed by atoms with E-state index in [0.29, 0.717) is 22.9 Å². The van der Waals surface area contributed by atoms with Crippen molar-refractivity contribution in [2.24, 2.45) is 5.92 Å². The summed E-state index contributed by atoms with van der Waals surface area (Å²) >= 11 is 6.06. The lowest BCUT2D eigenvalue weighted by Crippen LogP contribution is -2.06. The molecular formula is C16H17ClO. The highest BCUT2D eigenvalue weighted by Gasteiger charge is 2.22. The summed E-state index contributed by atoms with van der Waals surface area (Å²) in [6, 6.07) is 7.24. The molecule has 0 aliphatic heterocycles. The van der Waals surface area contributed by atoms with E-state index >= 15 is 0 Å². The Labute approximate surface area is 113 Å². The fourth-order valence-corrected chi connectivity index (χ4v) is 2.66. The van der Waals surface area contributed by atoms with E-state index in [9.17, 15) is 4.79 Å². The van der Waals surface area contributed by atoms with Gasteiger partial charge in [0.15, 0.2) is 5.78 Å². The summed E-state index contributed by atoms with van der Waals surface area (Å²) in [7, 11) is 0. The van der Waals surface area contributed by atoms with E-state index in [2.05, 4.69) is 26.8 Å². The summed E-state index contributed by atoms with van der Waals surface area (Å²) in [6.07, 6.45) is 2.63. The third kappa shape index (κ3) is 2.41. The zero-order valence-corrected chi connectivity index (χ0v) is 11.7. The molecule has 1 aromatic rings. The van der Waals surface area contributed by atoms with E-state index < -0.39 is 0 Å². The van der Waals surface area contributed by atoms with E-state index in [-0.39, 0.29) is 5.78 Å². The van der Waals surface area contributed by atoms with Crippen LogP contribution in [0.2, 0.25) is 5.02 Å². The molecule has 0 radical (unpaired) electrons. The zero-order chi connectivity index (χ0) is 13.3. The number of carbonyl (C=O) groups is 1. The molecule has 1 unspecified atom stereocenters. The van der Waals surface area contributed by atoms with Crippen molar-refractivity contribution in [3.05, 3.63) is 57.6 Å².